The number of nitrogens with zero attached hydrogens (tertiary/aromatic N) is 2. The number of hydrogen-bond donors (Lipinski definition) is 3. The molecular weight excluding hydrogens is 226 g/mol. The molecule has 1 atom stereocenters. The zero-order chi connectivity index (χ0) is 12.6. The SMILES string of the molecule is Nc1cc2c(cn1)NC=NC2(N)C1CCCCC1. The Labute approximate surface area is 107 Å². The number of aromatic nitrogens is 1. The van der Waals surface area contributed by atoms with Crippen molar-refractivity contribution in [1.29, 1.82) is 0 Å². The number of rotatable bonds is 1. The first-order valence-corrected chi connectivity index (χ1v) is 6.55. The second-order valence-corrected chi connectivity index (χ2v) is 5.22. The van der Waals surface area contributed by atoms with E-state index >= 15 is 0 Å². The van der Waals surface area contributed by atoms with Crippen LogP contribution in [0, 0.1) is 5.92 Å². The number of anilines is 2. The van der Waals surface area contributed by atoms with Gasteiger partial charge in [0, 0.05) is 11.5 Å². The van der Waals surface area contributed by atoms with Crippen LogP contribution in [0.15, 0.2) is 17.3 Å². The van der Waals surface area contributed by atoms with Crippen LogP contribution in [0.1, 0.15) is 37.7 Å². The first-order chi connectivity index (χ1) is 8.70. The molecule has 1 aromatic heterocycles. The minimum absolute atomic E-state index is 0.394. The molecule has 96 valence electrons. The number of hydrogen-bond acceptors (Lipinski definition) is 5. The van der Waals surface area contributed by atoms with E-state index in [0.29, 0.717) is 11.7 Å². The number of aliphatic imine (C=N–C) groups is 1. The summed E-state index contributed by atoms with van der Waals surface area (Å²) >= 11 is 0. The maximum absolute atomic E-state index is 6.59. The van der Waals surface area contributed by atoms with Gasteiger partial charge in [0.1, 0.15) is 11.5 Å². The lowest BCUT2D eigenvalue weighted by molar-refractivity contribution is 0.214. The van der Waals surface area contributed by atoms with Crippen molar-refractivity contribution in [2.24, 2.45) is 16.6 Å². The molecule has 0 radical (unpaired) electrons. The Morgan fingerprint density at radius 3 is 2.83 bits per heavy atom. The summed E-state index contributed by atoms with van der Waals surface area (Å²) in [7, 11) is 0. The van der Waals surface area contributed by atoms with E-state index in [1.165, 1.54) is 19.3 Å². The van der Waals surface area contributed by atoms with E-state index in [9.17, 15) is 0 Å². The van der Waals surface area contributed by atoms with Crippen molar-refractivity contribution in [3.63, 3.8) is 0 Å². The zero-order valence-corrected chi connectivity index (χ0v) is 10.4. The topological polar surface area (TPSA) is 89.3 Å². The fourth-order valence-corrected chi connectivity index (χ4v) is 3.06. The average Bonchev–Trinajstić information content (AvgIpc) is 2.41. The monoisotopic (exact) mass is 245 g/mol. The van der Waals surface area contributed by atoms with E-state index in [0.717, 1.165) is 24.1 Å². The predicted molar refractivity (Wildman–Crippen MR) is 73.2 cm³/mol. The van der Waals surface area contributed by atoms with Crippen LogP contribution in [0.5, 0.6) is 0 Å². The highest BCUT2D eigenvalue weighted by molar-refractivity contribution is 5.81. The van der Waals surface area contributed by atoms with Crippen molar-refractivity contribution in [1.82, 2.24) is 4.98 Å². The van der Waals surface area contributed by atoms with Crippen molar-refractivity contribution in [2.45, 2.75) is 37.8 Å². The van der Waals surface area contributed by atoms with Crippen molar-refractivity contribution in [3.05, 3.63) is 17.8 Å². The lowest BCUT2D eigenvalue weighted by atomic mass is 9.76. The molecule has 1 aliphatic heterocycles. The van der Waals surface area contributed by atoms with Gasteiger partial charge in [-0.05, 0) is 18.9 Å². The smallest absolute Gasteiger partial charge is 0.140 e. The molecular formula is C13H19N5. The molecule has 1 aromatic rings. The van der Waals surface area contributed by atoms with Crippen molar-refractivity contribution in [3.8, 4) is 0 Å². The molecule has 0 aromatic carbocycles. The largest absolute Gasteiger partial charge is 0.384 e. The number of pyridine rings is 1. The molecule has 1 unspecified atom stereocenters. The van der Waals surface area contributed by atoms with Gasteiger partial charge in [-0.2, -0.15) is 0 Å². The van der Waals surface area contributed by atoms with Crippen LogP contribution in [-0.2, 0) is 5.66 Å². The number of nitrogen functional groups attached to an aromatic ring is 1. The Morgan fingerprint density at radius 1 is 1.28 bits per heavy atom. The van der Waals surface area contributed by atoms with Gasteiger partial charge in [0.05, 0.1) is 18.2 Å². The van der Waals surface area contributed by atoms with Crippen molar-refractivity contribution in [2.75, 3.05) is 11.1 Å². The first kappa shape index (κ1) is 11.5. The van der Waals surface area contributed by atoms with Gasteiger partial charge in [-0.25, -0.2) is 9.98 Å². The van der Waals surface area contributed by atoms with Crippen LogP contribution in [0.3, 0.4) is 0 Å². The highest BCUT2D eigenvalue weighted by atomic mass is 15.1. The molecule has 5 nitrogen and oxygen atoms in total. The summed E-state index contributed by atoms with van der Waals surface area (Å²) in [5.41, 5.74) is 13.6. The third kappa shape index (κ3) is 1.75. The van der Waals surface area contributed by atoms with Gasteiger partial charge < -0.3 is 16.8 Å². The molecule has 0 amide bonds. The molecule has 2 aliphatic rings. The normalized spacial score (nSPS) is 27.6. The summed E-state index contributed by atoms with van der Waals surface area (Å²) in [4.78, 5) is 8.63. The summed E-state index contributed by atoms with van der Waals surface area (Å²) in [6.45, 7) is 0. The van der Waals surface area contributed by atoms with Gasteiger partial charge in [-0.1, -0.05) is 19.3 Å². The Kier molecular flexibility index (Phi) is 2.70. The quantitative estimate of drug-likeness (QED) is 0.704. The predicted octanol–water partition coefficient (Wildman–Crippen LogP) is 1.81. The Hall–Kier alpha value is -1.62. The van der Waals surface area contributed by atoms with E-state index in [1.54, 1.807) is 12.5 Å². The molecule has 18 heavy (non-hydrogen) atoms. The number of nitrogens with two attached hydrogens (primary N) is 2. The minimum atomic E-state index is -0.641. The Bertz CT molecular complexity index is 478. The van der Waals surface area contributed by atoms with E-state index in [4.69, 9.17) is 11.5 Å². The Balaban J connectivity index is 2.03. The third-order valence-corrected chi connectivity index (χ3v) is 4.08. The molecule has 3 rings (SSSR count). The molecule has 2 heterocycles. The zero-order valence-electron chi connectivity index (χ0n) is 10.4. The first-order valence-electron chi connectivity index (χ1n) is 6.55. The fourth-order valence-electron chi connectivity index (χ4n) is 3.06. The van der Waals surface area contributed by atoms with Crippen LogP contribution in [-0.4, -0.2) is 11.3 Å². The van der Waals surface area contributed by atoms with Crippen LogP contribution >= 0.6 is 0 Å². The fraction of sp³-hybridized carbons (Fsp3) is 0.538. The van der Waals surface area contributed by atoms with Crippen LogP contribution in [0.25, 0.3) is 0 Å². The molecule has 0 saturated heterocycles. The van der Waals surface area contributed by atoms with Gasteiger partial charge in [0.2, 0.25) is 0 Å². The van der Waals surface area contributed by atoms with E-state index in [-0.39, 0.29) is 0 Å². The highest BCUT2D eigenvalue weighted by Gasteiger charge is 2.40. The molecule has 1 saturated carbocycles. The maximum atomic E-state index is 6.59. The van der Waals surface area contributed by atoms with Crippen LogP contribution in [0.4, 0.5) is 11.5 Å². The van der Waals surface area contributed by atoms with Crippen molar-refractivity contribution >= 4 is 17.8 Å². The molecule has 0 spiro atoms. The van der Waals surface area contributed by atoms with E-state index in [2.05, 4.69) is 15.3 Å². The second-order valence-electron chi connectivity index (χ2n) is 5.22. The highest BCUT2D eigenvalue weighted by Crippen LogP contribution is 2.42. The summed E-state index contributed by atoms with van der Waals surface area (Å²) in [6, 6.07) is 1.85. The lowest BCUT2D eigenvalue weighted by Gasteiger charge is -2.39. The van der Waals surface area contributed by atoms with Crippen molar-refractivity contribution < 1.29 is 0 Å². The summed E-state index contributed by atoms with van der Waals surface area (Å²) in [5.74, 6) is 0.892. The summed E-state index contributed by atoms with van der Waals surface area (Å²) < 4.78 is 0. The van der Waals surface area contributed by atoms with E-state index in [1.807, 2.05) is 6.07 Å². The number of fused-ring (bicyclic) bond motifs is 1. The standard InChI is InChI=1S/C13H19N5/c14-12-6-10-11(7-16-12)17-8-18-13(10,15)9-4-2-1-3-5-9/h6-9H,1-5,15H2,(H2,14,16)(H,17,18). The lowest BCUT2D eigenvalue weighted by Crippen LogP contribution is -2.46. The molecule has 5 heteroatoms. The average molecular weight is 245 g/mol. The minimum Gasteiger partial charge on any atom is -0.384 e. The molecule has 5 N–H and O–H groups in total. The van der Waals surface area contributed by atoms with Gasteiger partial charge in [0.15, 0.2) is 0 Å². The Morgan fingerprint density at radius 2 is 2.06 bits per heavy atom. The van der Waals surface area contributed by atoms with Gasteiger partial charge >= 0.3 is 0 Å². The van der Waals surface area contributed by atoms with Gasteiger partial charge in [-0.15, -0.1) is 0 Å². The second kappa shape index (κ2) is 4.24. The third-order valence-electron chi connectivity index (χ3n) is 4.08. The molecule has 1 aliphatic carbocycles. The summed E-state index contributed by atoms with van der Waals surface area (Å²) in [5, 5.41) is 3.09. The van der Waals surface area contributed by atoms with Crippen LogP contribution < -0.4 is 16.8 Å². The van der Waals surface area contributed by atoms with Crippen LogP contribution in [0.2, 0.25) is 0 Å². The molecule has 1 fully saturated rings. The molecule has 0 bridgehead atoms. The maximum Gasteiger partial charge on any atom is 0.140 e. The summed E-state index contributed by atoms with van der Waals surface area (Å²) in [6.07, 6.45) is 9.48. The van der Waals surface area contributed by atoms with E-state index < -0.39 is 5.66 Å². The van der Waals surface area contributed by atoms with Gasteiger partial charge in [0.25, 0.3) is 0 Å². The van der Waals surface area contributed by atoms with Gasteiger partial charge in [-0.3, -0.25) is 0 Å². The number of nitrogens with one attached hydrogen (secondary N) is 1.